The highest BCUT2D eigenvalue weighted by Crippen LogP contribution is 2.35. The number of thioether (sulfide) groups is 1. The van der Waals surface area contributed by atoms with Crippen molar-refractivity contribution in [2.75, 3.05) is 17.6 Å². The van der Waals surface area contributed by atoms with Crippen molar-refractivity contribution in [1.29, 1.82) is 0 Å². The smallest absolute Gasteiger partial charge is 0.248 e. The van der Waals surface area contributed by atoms with Gasteiger partial charge in [0.25, 0.3) is 0 Å². The Morgan fingerprint density at radius 1 is 1.45 bits per heavy atom. The highest BCUT2D eigenvalue weighted by atomic mass is 35.5. The van der Waals surface area contributed by atoms with E-state index in [9.17, 15) is 4.79 Å². The Morgan fingerprint density at radius 2 is 2.35 bits per heavy atom. The number of rotatable bonds is 4. The summed E-state index contributed by atoms with van der Waals surface area (Å²) in [6.07, 6.45) is 3.35. The molecule has 3 heterocycles. The lowest BCUT2D eigenvalue weighted by molar-refractivity contribution is 0.942. The van der Waals surface area contributed by atoms with Crippen molar-refractivity contribution in [2.45, 2.75) is 17.7 Å². The molecule has 0 saturated carbocycles. The topological polar surface area (TPSA) is 70.7 Å². The Bertz CT molecular complexity index is 688. The number of fused-ring (bicyclic) bond motifs is 1. The second-order valence-electron chi connectivity index (χ2n) is 4.45. The Balaban J connectivity index is 1.69. The molecule has 0 fully saturated rings. The number of pyridine rings is 1. The van der Waals surface area contributed by atoms with Crippen LogP contribution in [0.25, 0.3) is 0 Å². The first-order valence-corrected chi connectivity index (χ1v) is 7.69. The van der Waals surface area contributed by atoms with Gasteiger partial charge in [0.1, 0.15) is 5.82 Å². The van der Waals surface area contributed by atoms with E-state index in [2.05, 4.69) is 20.3 Å². The molecular weight excluding hydrogens is 296 g/mol. The minimum atomic E-state index is -0.0796. The van der Waals surface area contributed by atoms with E-state index < -0.39 is 0 Å². The molecule has 104 valence electrons. The van der Waals surface area contributed by atoms with Gasteiger partial charge < -0.3 is 10.3 Å². The molecule has 2 N–H and O–H groups in total. The van der Waals surface area contributed by atoms with Crippen molar-refractivity contribution in [3.63, 3.8) is 0 Å². The summed E-state index contributed by atoms with van der Waals surface area (Å²) in [7, 11) is 0. The van der Waals surface area contributed by atoms with Crippen LogP contribution in [0, 0.1) is 0 Å². The van der Waals surface area contributed by atoms with Gasteiger partial charge in [-0.3, -0.25) is 4.79 Å². The van der Waals surface area contributed by atoms with Crippen LogP contribution in [0.15, 0.2) is 28.0 Å². The lowest BCUT2D eigenvalue weighted by Crippen LogP contribution is -2.11. The molecule has 20 heavy (non-hydrogen) atoms. The van der Waals surface area contributed by atoms with E-state index in [1.807, 2.05) is 6.07 Å². The fourth-order valence-electron chi connectivity index (χ4n) is 2.13. The fraction of sp³-hybridized carbons (Fsp3) is 0.308. The van der Waals surface area contributed by atoms with E-state index >= 15 is 0 Å². The van der Waals surface area contributed by atoms with Gasteiger partial charge in [-0.2, -0.15) is 4.98 Å². The summed E-state index contributed by atoms with van der Waals surface area (Å²) in [5, 5.41) is 3.57. The minimum absolute atomic E-state index is 0.0796. The maximum atomic E-state index is 11.2. The van der Waals surface area contributed by atoms with Crippen LogP contribution in [-0.2, 0) is 12.8 Å². The molecule has 1 aliphatic heterocycles. The monoisotopic (exact) mass is 308 g/mol. The molecule has 0 unspecified atom stereocenters. The first-order valence-electron chi connectivity index (χ1n) is 6.33. The lowest BCUT2D eigenvalue weighted by Gasteiger charge is -2.09. The largest absolute Gasteiger partial charge is 0.369 e. The number of nitrogens with zero attached hydrogens (tertiary/aromatic N) is 2. The second kappa shape index (κ2) is 5.85. The number of nitrogens with one attached hydrogen (secondary N) is 2. The average molecular weight is 309 g/mol. The highest BCUT2D eigenvalue weighted by Gasteiger charge is 2.19. The summed E-state index contributed by atoms with van der Waals surface area (Å²) in [5.74, 6) is 1.82. The number of aryl methyl sites for hydroxylation is 1. The Morgan fingerprint density at radius 3 is 3.20 bits per heavy atom. The Hall–Kier alpha value is -1.53. The van der Waals surface area contributed by atoms with Gasteiger partial charge in [0, 0.05) is 31.0 Å². The van der Waals surface area contributed by atoms with Crippen molar-refractivity contribution in [1.82, 2.24) is 15.0 Å². The van der Waals surface area contributed by atoms with Gasteiger partial charge in [0.15, 0.2) is 0 Å². The molecule has 7 heteroatoms. The van der Waals surface area contributed by atoms with Crippen LogP contribution in [0.2, 0.25) is 5.28 Å². The molecule has 0 saturated heterocycles. The molecule has 0 aliphatic carbocycles. The molecular formula is C13H13ClN4OS. The average Bonchev–Trinajstić information content (AvgIpc) is 2.87. The van der Waals surface area contributed by atoms with E-state index in [-0.39, 0.29) is 10.8 Å². The van der Waals surface area contributed by atoms with Gasteiger partial charge in [0.05, 0.1) is 10.6 Å². The normalized spacial score (nSPS) is 13.2. The molecule has 1 aliphatic rings. The number of hydrogen-bond donors (Lipinski definition) is 2. The third-order valence-corrected chi connectivity index (χ3v) is 4.33. The van der Waals surface area contributed by atoms with Crippen molar-refractivity contribution in [3.8, 4) is 0 Å². The second-order valence-corrected chi connectivity index (χ2v) is 5.90. The maximum Gasteiger partial charge on any atom is 0.248 e. The van der Waals surface area contributed by atoms with Gasteiger partial charge in [0.2, 0.25) is 10.8 Å². The van der Waals surface area contributed by atoms with Gasteiger partial charge in [-0.1, -0.05) is 0 Å². The van der Waals surface area contributed by atoms with Crippen LogP contribution in [-0.4, -0.2) is 27.2 Å². The Labute approximate surface area is 125 Å². The predicted octanol–water partition coefficient (Wildman–Crippen LogP) is 2.12. The highest BCUT2D eigenvalue weighted by molar-refractivity contribution is 7.99. The van der Waals surface area contributed by atoms with Crippen molar-refractivity contribution in [3.05, 3.63) is 45.2 Å². The summed E-state index contributed by atoms with van der Waals surface area (Å²) in [6, 6.07) is 3.50. The molecule has 0 amide bonds. The summed E-state index contributed by atoms with van der Waals surface area (Å²) in [5.41, 5.74) is 1.93. The first-order chi connectivity index (χ1) is 9.72. The van der Waals surface area contributed by atoms with Crippen molar-refractivity contribution in [2.24, 2.45) is 0 Å². The van der Waals surface area contributed by atoms with E-state index in [0.29, 0.717) is 6.54 Å². The maximum absolute atomic E-state index is 11.2. The number of H-pyrrole nitrogens is 1. The number of anilines is 1. The molecule has 5 nitrogen and oxygen atoms in total. The van der Waals surface area contributed by atoms with Crippen molar-refractivity contribution < 1.29 is 0 Å². The number of aromatic amines is 1. The van der Waals surface area contributed by atoms with Crippen LogP contribution in [0.1, 0.15) is 11.3 Å². The van der Waals surface area contributed by atoms with Crippen LogP contribution < -0.4 is 10.9 Å². The van der Waals surface area contributed by atoms with Crippen LogP contribution in [0.3, 0.4) is 0 Å². The molecule has 0 radical (unpaired) electrons. The SMILES string of the molecule is O=c1cc(CCNc2nc(Cl)nc3c2SCC3)cc[nH]1. The molecule has 0 atom stereocenters. The first kappa shape index (κ1) is 13.5. The van der Waals surface area contributed by atoms with E-state index in [0.717, 1.165) is 40.6 Å². The predicted molar refractivity (Wildman–Crippen MR) is 80.7 cm³/mol. The zero-order valence-corrected chi connectivity index (χ0v) is 12.2. The summed E-state index contributed by atoms with van der Waals surface area (Å²) in [4.78, 5) is 23.4. The lowest BCUT2D eigenvalue weighted by atomic mass is 10.2. The van der Waals surface area contributed by atoms with Crippen molar-refractivity contribution >= 4 is 29.2 Å². The molecule has 3 rings (SSSR count). The third-order valence-electron chi connectivity index (χ3n) is 3.04. The quantitative estimate of drug-likeness (QED) is 0.847. The van der Waals surface area contributed by atoms with Crippen LogP contribution in [0.5, 0.6) is 0 Å². The number of hydrogen-bond acceptors (Lipinski definition) is 5. The number of aromatic nitrogens is 3. The summed E-state index contributed by atoms with van der Waals surface area (Å²) >= 11 is 7.68. The molecule has 0 spiro atoms. The van der Waals surface area contributed by atoms with Crippen LogP contribution in [0.4, 0.5) is 5.82 Å². The zero-order valence-electron chi connectivity index (χ0n) is 10.6. The third kappa shape index (κ3) is 2.96. The van der Waals surface area contributed by atoms with E-state index in [4.69, 9.17) is 11.6 Å². The summed E-state index contributed by atoms with van der Waals surface area (Å²) in [6.45, 7) is 0.698. The van der Waals surface area contributed by atoms with Gasteiger partial charge in [-0.15, -0.1) is 11.8 Å². The van der Waals surface area contributed by atoms with E-state index in [1.54, 1.807) is 24.0 Å². The molecule has 0 aromatic carbocycles. The molecule has 0 bridgehead atoms. The van der Waals surface area contributed by atoms with Gasteiger partial charge in [-0.25, -0.2) is 4.98 Å². The summed E-state index contributed by atoms with van der Waals surface area (Å²) < 4.78 is 0. The Kier molecular flexibility index (Phi) is 3.93. The number of halogens is 1. The van der Waals surface area contributed by atoms with Crippen LogP contribution >= 0.6 is 23.4 Å². The molecule has 2 aromatic rings. The molecule has 2 aromatic heterocycles. The van der Waals surface area contributed by atoms with Gasteiger partial charge >= 0.3 is 0 Å². The van der Waals surface area contributed by atoms with E-state index in [1.165, 1.54) is 0 Å². The minimum Gasteiger partial charge on any atom is -0.369 e. The van der Waals surface area contributed by atoms with Gasteiger partial charge in [-0.05, 0) is 29.7 Å². The zero-order chi connectivity index (χ0) is 13.9. The standard InChI is InChI=1S/C13H13ClN4OS/c14-13-17-9-3-6-20-11(9)12(18-13)16-5-2-8-1-4-15-10(19)7-8/h1,4,7H,2-3,5-6H2,(H,15,19)(H,16,17,18). The fourth-order valence-corrected chi connectivity index (χ4v) is 3.38.